The van der Waals surface area contributed by atoms with Gasteiger partial charge in [0, 0.05) is 18.1 Å². The van der Waals surface area contributed by atoms with Crippen LogP contribution in [-0.2, 0) is 19.1 Å². The van der Waals surface area contributed by atoms with Crippen LogP contribution in [-0.4, -0.2) is 55.5 Å². The quantitative estimate of drug-likeness (QED) is 0.699. The van der Waals surface area contributed by atoms with E-state index in [2.05, 4.69) is 5.32 Å². The Morgan fingerprint density at radius 1 is 1.28 bits per heavy atom. The number of likely N-dealkylation sites (N-methyl/N-ethyl adjacent to an activating group) is 1. The smallest absolute Gasteiger partial charge is 0.344 e. The van der Waals surface area contributed by atoms with Gasteiger partial charge in [-0.05, 0) is 43.5 Å². The number of hydrogen-bond acceptors (Lipinski definition) is 5. The molecule has 0 saturated heterocycles. The van der Waals surface area contributed by atoms with E-state index in [1.807, 2.05) is 6.92 Å². The number of rotatable bonds is 8. The van der Waals surface area contributed by atoms with Gasteiger partial charge in [-0.3, -0.25) is 9.59 Å². The first-order chi connectivity index (χ1) is 11.8. The molecule has 1 N–H and O–H groups in total. The Labute approximate surface area is 151 Å². The van der Waals surface area contributed by atoms with E-state index in [1.54, 1.807) is 18.2 Å². The van der Waals surface area contributed by atoms with Crippen molar-refractivity contribution in [2.75, 3.05) is 26.8 Å². The molecule has 0 unspecified atom stereocenters. The van der Waals surface area contributed by atoms with Crippen LogP contribution in [0.2, 0.25) is 5.02 Å². The van der Waals surface area contributed by atoms with Gasteiger partial charge in [0.25, 0.3) is 5.91 Å². The molecule has 0 heterocycles. The Hall–Kier alpha value is -2.28. The molecule has 1 fully saturated rings. The SMILES string of the molecule is Cc1cc(OCC(=O)OCC(=O)N(C)CC(=O)NC2CC2)ccc1Cl. The van der Waals surface area contributed by atoms with Crippen molar-refractivity contribution >= 4 is 29.4 Å². The molecule has 0 bridgehead atoms. The Kier molecular flexibility index (Phi) is 6.64. The second-order valence-corrected chi connectivity index (χ2v) is 6.36. The summed E-state index contributed by atoms with van der Waals surface area (Å²) in [4.78, 5) is 36.3. The van der Waals surface area contributed by atoms with Crippen LogP contribution in [0.1, 0.15) is 18.4 Å². The fourth-order valence-electron chi connectivity index (χ4n) is 1.95. The Bertz CT molecular complexity index is 660. The highest BCUT2D eigenvalue weighted by Gasteiger charge is 2.24. The number of amides is 2. The number of nitrogens with zero attached hydrogens (tertiary/aromatic N) is 1. The molecule has 1 aromatic rings. The van der Waals surface area contributed by atoms with Crippen molar-refractivity contribution in [3.8, 4) is 5.75 Å². The minimum absolute atomic E-state index is 0.0621. The van der Waals surface area contributed by atoms with E-state index >= 15 is 0 Å². The van der Waals surface area contributed by atoms with Gasteiger partial charge in [-0.15, -0.1) is 0 Å². The van der Waals surface area contributed by atoms with E-state index in [0.717, 1.165) is 18.4 Å². The van der Waals surface area contributed by atoms with Gasteiger partial charge in [0.05, 0.1) is 6.54 Å². The van der Waals surface area contributed by atoms with Gasteiger partial charge in [0.15, 0.2) is 13.2 Å². The molecular weight excluding hydrogens is 348 g/mol. The number of halogens is 1. The number of aryl methyl sites for hydroxylation is 1. The average Bonchev–Trinajstić information content (AvgIpc) is 3.37. The molecule has 2 amide bonds. The molecule has 1 saturated carbocycles. The Balaban J connectivity index is 1.66. The van der Waals surface area contributed by atoms with E-state index in [1.165, 1.54) is 11.9 Å². The molecule has 1 aliphatic rings. The number of hydrogen-bond donors (Lipinski definition) is 1. The summed E-state index contributed by atoms with van der Waals surface area (Å²) in [5, 5.41) is 3.39. The highest BCUT2D eigenvalue weighted by Crippen LogP contribution is 2.21. The van der Waals surface area contributed by atoms with Crippen molar-refractivity contribution in [1.29, 1.82) is 0 Å². The van der Waals surface area contributed by atoms with Gasteiger partial charge in [0.1, 0.15) is 5.75 Å². The molecule has 1 aliphatic carbocycles. The van der Waals surface area contributed by atoms with E-state index in [-0.39, 0.29) is 25.1 Å². The van der Waals surface area contributed by atoms with Gasteiger partial charge < -0.3 is 19.7 Å². The first kappa shape index (κ1) is 19.1. The zero-order valence-corrected chi connectivity index (χ0v) is 15.0. The van der Waals surface area contributed by atoms with E-state index < -0.39 is 18.5 Å². The number of nitrogens with one attached hydrogen (secondary N) is 1. The van der Waals surface area contributed by atoms with Crippen LogP contribution in [0.4, 0.5) is 0 Å². The molecule has 0 atom stereocenters. The van der Waals surface area contributed by atoms with E-state index in [9.17, 15) is 14.4 Å². The third-order valence-corrected chi connectivity index (χ3v) is 4.02. The number of carbonyl (C=O) groups excluding carboxylic acids is 3. The molecule has 0 aromatic heterocycles. The molecule has 0 aliphatic heterocycles. The van der Waals surface area contributed by atoms with Crippen LogP contribution >= 0.6 is 11.6 Å². The second-order valence-electron chi connectivity index (χ2n) is 5.95. The molecule has 1 aromatic carbocycles. The molecule has 0 spiro atoms. The van der Waals surface area contributed by atoms with Gasteiger partial charge in [-0.1, -0.05) is 11.6 Å². The fourth-order valence-corrected chi connectivity index (χ4v) is 2.07. The third kappa shape index (κ3) is 6.62. The van der Waals surface area contributed by atoms with Crippen molar-refractivity contribution < 1.29 is 23.9 Å². The zero-order chi connectivity index (χ0) is 18.4. The first-order valence-electron chi connectivity index (χ1n) is 7.93. The van der Waals surface area contributed by atoms with Crippen LogP contribution in [0.3, 0.4) is 0 Å². The summed E-state index contributed by atoms with van der Waals surface area (Å²) in [6.45, 7) is 1.00. The summed E-state index contributed by atoms with van der Waals surface area (Å²) >= 11 is 5.91. The predicted octanol–water partition coefficient (Wildman–Crippen LogP) is 1.31. The summed E-state index contributed by atoms with van der Waals surface area (Å²) in [7, 11) is 1.48. The van der Waals surface area contributed by atoms with Crippen molar-refractivity contribution in [3.05, 3.63) is 28.8 Å². The van der Waals surface area contributed by atoms with Gasteiger partial charge in [0.2, 0.25) is 5.91 Å². The maximum atomic E-state index is 11.9. The average molecular weight is 369 g/mol. The molecule has 2 rings (SSSR count). The van der Waals surface area contributed by atoms with Crippen LogP contribution in [0.25, 0.3) is 0 Å². The summed E-state index contributed by atoms with van der Waals surface area (Å²) in [5.41, 5.74) is 0.828. The first-order valence-corrected chi connectivity index (χ1v) is 8.31. The molecule has 7 nitrogen and oxygen atoms in total. The molecule has 8 heteroatoms. The highest BCUT2D eigenvalue weighted by atomic mass is 35.5. The number of esters is 1. The molecule has 136 valence electrons. The van der Waals surface area contributed by atoms with E-state index in [4.69, 9.17) is 21.1 Å². The van der Waals surface area contributed by atoms with Gasteiger partial charge in [-0.25, -0.2) is 4.79 Å². The van der Waals surface area contributed by atoms with Crippen LogP contribution < -0.4 is 10.1 Å². The number of carbonyl (C=O) groups is 3. The summed E-state index contributed by atoms with van der Waals surface area (Å²) < 4.78 is 10.2. The second kappa shape index (κ2) is 8.71. The highest BCUT2D eigenvalue weighted by molar-refractivity contribution is 6.31. The van der Waals surface area contributed by atoms with Crippen LogP contribution in [0, 0.1) is 6.92 Å². The lowest BCUT2D eigenvalue weighted by molar-refractivity contribution is -0.153. The van der Waals surface area contributed by atoms with Gasteiger partial charge >= 0.3 is 5.97 Å². The lowest BCUT2D eigenvalue weighted by atomic mass is 10.2. The lowest BCUT2D eigenvalue weighted by Gasteiger charge is -2.16. The maximum Gasteiger partial charge on any atom is 0.344 e. The van der Waals surface area contributed by atoms with Crippen molar-refractivity contribution in [3.63, 3.8) is 0 Å². The summed E-state index contributed by atoms with van der Waals surface area (Å²) in [5.74, 6) is -0.858. The summed E-state index contributed by atoms with van der Waals surface area (Å²) in [6, 6.07) is 5.25. The fraction of sp³-hybridized carbons (Fsp3) is 0.471. The number of benzene rings is 1. The van der Waals surface area contributed by atoms with Gasteiger partial charge in [-0.2, -0.15) is 0 Å². The maximum absolute atomic E-state index is 11.9. The lowest BCUT2D eigenvalue weighted by Crippen LogP contribution is -2.40. The largest absolute Gasteiger partial charge is 0.482 e. The molecule has 0 radical (unpaired) electrons. The predicted molar refractivity (Wildman–Crippen MR) is 91.4 cm³/mol. The minimum atomic E-state index is -0.670. The van der Waals surface area contributed by atoms with Crippen LogP contribution in [0.15, 0.2) is 18.2 Å². The molecule has 25 heavy (non-hydrogen) atoms. The standard InChI is InChI=1S/C17H21ClN2O5/c1-11-7-13(5-6-14(11)18)24-10-17(23)25-9-16(22)20(2)8-15(21)19-12-3-4-12/h5-7,12H,3-4,8-10H2,1-2H3,(H,19,21). The van der Waals surface area contributed by atoms with Crippen molar-refractivity contribution in [1.82, 2.24) is 10.2 Å². The molecular formula is C17H21ClN2O5. The summed E-state index contributed by atoms with van der Waals surface area (Å²) in [6.07, 6.45) is 1.96. The topological polar surface area (TPSA) is 84.9 Å². The normalized spacial score (nSPS) is 13.1. The van der Waals surface area contributed by atoms with Crippen molar-refractivity contribution in [2.24, 2.45) is 0 Å². The Morgan fingerprint density at radius 3 is 2.64 bits per heavy atom. The van der Waals surface area contributed by atoms with Crippen molar-refractivity contribution in [2.45, 2.75) is 25.8 Å². The number of ether oxygens (including phenoxy) is 2. The van der Waals surface area contributed by atoms with E-state index in [0.29, 0.717) is 10.8 Å². The third-order valence-electron chi connectivity index (χ3n) is 3.59. The monoisotopic (exact) mass is 368 g/mol. The van der Waals surface area contributed by atoms with Crippen LogP contribution in [0.5, 0.6) is 5.75 Å². The zero-order valence-electron chi connectivity index (χ0n) is 14.2. The Morgan fingerprint density at radius 2 is 2.00 bits per heavy atom. The minimum Gasteiger partial charge on any atom is -0.482 e.